The highest BCUT2D eigenvalue weighted by molar-refractivity contribution is 7.10. The molecule has 0 saturated carbocycles. The molecule has 0 aliphatic carbocycles. The van der Waals surface area contributed by atoms with Gasteiger partial charge in [0.25, 0.3) is 0 Å². The van der Waals surface area contributed by atoms with Crippen LogP contribution in [0.15, 0.2) is 17.5 Å². The topological polar surface area (TPSA) is 17.1 Å². The van der Waals surface area contributed by atoms with Crippen LogP contribution in [0.25, 0.3) is 0 Å². The molecule has 1 aromatic rings. The molecule has 1 aromatic heterocycles. The van der Waals surface area contributed by atoms with Crippen LogP contribution >= 0.6 is 11.3 Å². The van der Waals surface area contributed by atoms with Crippen LogP contribution in [0.4, 0.5) is 0 Å². The Morgan fingerprint density at radius 1 is 1.44 bits per heavy atom. The Labute approximate surface area is 103 Å². The van der Waals surface area contributed by atoms with Gasteiger partial charge in [0.15, 0.2) is 0 Å². The molecule has 1 unspecified atom stereocenters. The van der Waals surface area contributed by atoms with Crippen molar-refractivity contribution in [3.63, 3.8) is 0 Å². The third-order valence-electron chi connectivity index (χ3n) is 3.01. The van der Waals surface area contributed by atoms with Crippen LogP contribution in [0.5, 0.6) is 0 Å². The number of carbonyl (C=O) groups is 1. The second-order valence-corrected chi connectivity index (χ2v) is 5.45. The summed E-state index contributed by atoms with van der Waals surface area (Å²) in [6.07, 6.45) is 6.24. The molecule has 2 heteroatoms. The third kappa shape index (κ3) is 4.93. The van der Waals surface area contributed by atoms with Crippen LogP contribution in [0.1, 0.15) is 50.8 Å². The summed E-state index contributed by atoms with van der Waals surface area (Å²) in [4.78, 5) is 13.1. The maximum atomic E-state index is 11.8. The number of hydrogen-bond acceptors (Lipinski definition) is 2. The molecule has 0 fully saturated rings. The van der Waals surface area contributed by atoms with E-state index in [1.54, 1.807) is 11.3 Å². The molecule has 0 bridgehead atoms. The van der Waals surface area contributed by atoms with Crippen LogP contribution in [-0.2, 0) is 11.2 Å². The molecule has 0 saturated heterocycles. The monoisotopic (exact) mass is 238 g/mol. The highest BCUT2D eigenvalue weighted by atomic mass is 32.1. The van der Waals surface area contributed by atoms with E-state index in [2.05, 4.69) is 19.9 Å². The van der Waals surface area contributed by atoms with E-state index in [0.29, 0.717) is 18.1 Å². The summed E-state index contributed by atoms with van der Waals surface area (Å²) >= 11 is 1.68. The molecule has 0 aliphatic rings. The van der Waals surface area contributed by atoms with Crippen LogP contribution in [0.2, 0.25) is 0 Å². The first-order chi connectivity index (χ1) is 7.76. The second-order valence-electron chi connectivity index (χ2n) is 4.42. The van der Waals surface area contributed by atoms with Crippen molar-refractivity contribution >= 4 is 17.1 Å². The van der Waals surface area contributed by atoms with Crippen LogP contribution in [0.3, 0.4) is 0 Å². The lowest BCUT2D eigenvalue weighted by Gasteiger charge is -2.12. The first kappa shape index (κ1) is 13.4. The summed E-state index contributed by atoms with van der Waals surface area (Å²) in [5.74, 6) is 1.01. The van der Waals surface area contributed by atoms with Crippen LogP contribution < -0.4 is 0 Å². The van der Waals surface area contributed by atoms with Crippen molar-refractivity contribution in [1.82, 2.24) is 0 Å². The smallest absolute Gasteiger partial charge is 0.138 e. The summed E-state index contributed by atoms with van der Waals surface area (Å²) in [6, 6.07) is 4.07. The lowest BCUT2D eigenvalue weighted by atomic mass is 9.93. The van der Waals surface area contributed by atoms with Gasteiger partial charge >= 0.3 is 0 Å². The van der Waals surface area contributed by atoms with E-state index in [-0.39, 0.29) is 0 Å². The molecule has 1 rings (SSSR count). The van der Waals surface area contributed by atoms with Gasteiger partial charge in [0.2, 0.25) is 0 Å². The largest absolute Gasteiger partial charge is 0.299 e. The zero-order chi connectivity index (χ0) is 11.8. The molecule has 90 valence electrons. The molecule has 0 aromatic carbocycles. The zero-order valence-corrected chi connectivity index (χ0v) is 11.2. The predicted molar refractivity (Wildman–Crippen MR) is 71.0 cm³/mol. The van der Waals surface area contributed by atoms with Crippen molar-refractivity contribution in [2.45, 2.75) is 52.4 Å². The average Bonchev–Trinajstić information content (AvgIpc) is 2.76. The lowest BCUT2D eigenvalue weighted by Crippen LogP contribution is -2.09. The summed E-state index contributed by atoms with van der Waals surface area (Å²) in [5.41, 5.74) is 0. The fraction of sp³-hybridized carbons (Fsp3) is 0.643. The van der Waals surface area contributed by atoms with Gasteiger partial charge in [-0.3, -0.25) is 4.79 Å². The number of carbonyl (C=O) groups excluding carboxylic acids is 1. The van der Waals surface area contributed by atoms with Crippen molar-refractivity contribution in [3.8, 4) is 0 Å². The zero-order valence-electron chi connectivity index (χ0n) is 10.4. The molecule has 0 aliphatic heterocycles. The van der Waals surface area contributed by atoms with E-state index >= 15 is 0 Å². The predicted octanol–water partition coefficient (Wildman–Crippen LogP) is 4.47. The van der Waals surface area contributed by atoms with Crippen LogP contribution in [-0.4, -0.2) is 5.78 Å². The number of thiophene rings is 1. The van der Waals surface area contributed by atoms with E-state index in [1.807, 2.05) is 11.4 Å². The SMILES string of the molecule is CCCCC(CC)CC(=O)Cc1cccs1. The molecule has 1 heterocycles. The summed E-state index contributed by atoms with van der Waals surface area (Å²) in [5, 5.41) is 2.04. The van der Waals surface area contributed by atoms with Gasteiger partial charge in [-0.25, -0.2) is 0 Å². The standard InChI is InChI=1S/C14H22OS/c1-3-5-7-12(4-2)10-13(15)11-14-8-6-9-16-14/h6,8-9,12H,3-5,7,10-11H2,1-2H3. The molecule has 0 spiro atoms. The van der Waals surface area contributed by atoms with Gasteiger partial charge in [0.05, 0.1) is 0 Å². The number of rotatable bonds is 8. The molecule has 1 atom stereocenters. The van der Waals surface area contributed by atoms with Gasteiger partial charge in [-0.2, -0.15) is 0 Å². The van der Waals surface area contributed by atoms with Crippen molar-refractivity contribution < 1.29 is 4.79 Å². The Morgan fingerprint density at radius 2 is 2.25 bits per heavy atom. The molecular formula is C14H22OS. The Morgan fingerprint density at radius 3 is 2.81 bits per heavy atom. The minimum atomic E-state index is 0.408. The lowest BCUT2D eigenvalue weighted by molar-refractivity contribution is -0.119. The second kappa shape index (κ2) is 7.61. The number of hydrogen-bond donors (Lipinski definition) is 0. The van der Waals surface area contributed by atoms with Crippen molar-refractivity contribution in [3.05, 3.63) is 22.4 Å². The van der Waals surface area contributed by atoms with Crippen molar-refractivity contribution in [1.29, 1.82) is 0 Å². The van der Waals surface area contributed by atoms with E-state index in [9.17, 15) is 4.79 Å². The Hall–Kier alpha value is -0.630. The normalized spacial score (nSPS) is 12.6. The third-order valence-corrected chi connectivity index (χ3v) is 3.89. The van der Waals surface area contributed by atoms with Gasteiger partial charge in [-0.15, -0.1) is 11.3 Å². The molecule has 16 heavy (non-hydrogen) atoms. The molecular weight excluding hydrogens is 216 g/mol. The number of ketones is 1. The Balaban J connectivity index is 2.31. The average molecular weight is 238 g/mol. The fourth-order valence-electron chi connectivity index (χ4n) is 1.94. The van der Waals surface area contributed by atoms with Gasteiger partial charge < -0.3 is 0 Å². The maximum Gasteiger partial charge on any atom is 0.138 e. The number of Topliss-reactive ketones (excluding diaryl/α,β-unsaturated/α-hetero) is 1. The fourth-order valence-corrected chi connectivity index (χ4v) is 2.68. The van der Waals surface area contributed by atoms with Crippen molar-refractivity contribution in [2.75, 3.05) is 0 Å². The minimum Gasteiger partial charge on any atom is -0.299 e. The highest BCUT2D eigenvalue weighted by Gasteiger charge is 2.12. The van der Waals surface area contributed by atoms with E-state index in [4.69, 9.17) is 0 Å². The minimum absolute atomic E-state index is 0.408. The summed E-state index contributed by atoms with van der Waals surface area (Å²) in [7, 11) is 0. The van der Waals surface area contributed by atoms with Gasteiger partial charge in [-0.1, -0.05) is 45.6 Å². The van der Waals surface area contributed by atoms with Gasteiger partial charge in [0.1, 0.15) is 5.78 Å². The molecule has 1 nitrogen and oxygen atoms in total. The van der Waals surface area contributed by atoms with Crippen LogP contribution in [0, 0.1) is 5.92 Å². The molecule has 0 N–H and O–H groups in total. The maximum absolute atomic E-state index is 11.8. The van der Waals surface area contributed by atoms with E-state index < -0.39 is 0 Å². The summed E-state index contributed by atoms with van der Waals surface area (Å²) in [6.45, 7) is 4.40. The molecule has 0 amide bonds. The Kier molecular flexibility index (Phi) is 6.39. The van der Waals surface area contributed by atoms with E-state index in [0.717, 1.165) is 12.8 Å². The van der Waals surface area contributed by atoms with E-state index in [1.165, 1.54) is 24.1 Å². The van der Waals surface area contributed by atoms with Crippen molar-refractivity contribution in [2.24, 2.45) is 5.92 Å². The van der Waals surface area contributed by atoms with Gasteiger partial charge in [0, 0.05) is 17.7 Å². The Bertz CT molecular complexity index is 290. The summed E-state index contributed by atoms with van der Waals surface area (Å²) < 4.78 is 0. The highest BCUT2D eigenvalue weighted by Crippen LogP contribution is 2.19. The first-order valence-corrected chi connectivity index (χ1v) is 7.18. The molecule has 0 radical (unpaired) electrons. The van der Waals surface area contributed by atoms with Gasteiger partial charge in [-0.05, 0) is 17.4 Å². The first-order valence-electron chi connectivity index (χ1n) is 6.30. The number of unbranched alkanes of at least 4 members (excludes halogenated alkanes) is 1. The quantitative estimate of drug-likeness (QED) is 0.653.